The summed E-state index contributed by atoms with van der Waals surface area (Å²) in [5.41, 5.74) is 4.07. The molecule has 0 aliphatic carbocycles. The van der Waals surface area contributed by atoms with E-state index in [0.717, 1.165) is 29.3 Å². The Morgan fingerprint density at radius 3 is 2.52 bits per heavy atom. The zero-order valence-corrected chi connectivity index (χ0v) is 24.3. The summed E-state index contributed by atoms with van der Waals surface area (Å²) < 4.78 is 44.6. The van der Waals surface area contributed by atoms with Crippen LogP contribution in [0.4, 0.5) is 5.69 Å². The first-order chi connectivity index (χ1) is 20.3. The largest absolute Gasteiger partial charge is 0.495 e. The van der Waals surface area contributed by atoms with Gasteiger partial charge in [0.25, 0.3) is 21.8 Å². The van der Waals surface area contributed by atoms with Crippen LogP contribution in [-0.4, -0.2) is 66.0 Å². The third-order valence-corrected chi connectivity index (χ3v) is 8.20. The SMILES string of the molecule is COc1ccc(C)cc1N(CC(=O)N/N=C\c1ccc(OCC(=O)NC[C@H]2CCCO2)cc1)S(=O)(=O)c1ccccc1. The lowest BCUT2D eigenvalue weighted by Crippen LogP contribution is -2.39. The fraction of sp³-hybridized carbons (Fsp3) is 0.300. The molecule has 12 heteroatoms. The minimum absolute atomic E-state index is 0.0347. The molecule has 4 rings (SSSR count). The molecule has 2 amide bonds. The highest BCUT2D eigenvalue weighted by Gasteiger charge is 2.29. The number of carbonyl (C=O) groups excluding carboxylic acids is 2. The smallest absolute Gasteiger partial charge is 0.264 e. The topological polar surface area (TPSA) is 136 Å². The van der Waals surface area contributed by atoms with Gasteiger partial charge in [-0.1, -0.05) is 24.3 Å². The van der Waals surface area contributed by atoms with Crippen molar-refractivity contribution in [1.82, 2.24) is 10.7 Å². The van der Waals surface area contributed by atoms with Gasteiger partial charge in [0.1, 0.15) is 18.0 Å². The number of hydrazone groups is 1. The van der Waals surface area contributed by atoms with Crippen molar-refractivity contribution in [1.29, 1.82) is 0 Å². The van der Waals surface area contributed by atoms with Crippen LogP contribution in [0.5, 0.6) is 11.5 Å². The predicted octanol–water partition coefficient (Wildman–Crippen LogP) is 3.02. The normalized spacial score (nSPS) is 14.9. The molecule has 2 N–H and O–H groups in total. The molecule has 0 spiro atoms. The Labute approximate surface area is 245 Å². The van der Waals surface area contributed by atoms with Crippen LogP contribution in [0.15, 0.2) is 82.8 Å². The number of carbonyl (C=O) groups is 2. The van der Waals surface area contributed by atoms with Crippen LogP contribution in [0.1, 0.15) is 24.0 Å². The lowest BCUT2D eigenvalue weighted by molar-refractivity contribution is -0.123. The van der Waals surface area contributed by atoms with E-state index >= 15 is 0 Å². The van der Waals surface area contributed by atoms with Crippen molar-refractivity contribution in [3.05, 3.63) is 83.9 Å². The van der Waals surface area contributed by atoms with Crippen LogP contribution < -0.4 is 24.5 Å². The molecular weight excluding hydrogens is 560 g/mol. The molecule has 1 aliphatic heterocycles. The first-order valence-corrected chi connectivity index (χ1v) is 14.9. The maximum atomic E-state index is 13.6. The summed E-state index contributed by atoms with van der Waals surface area (Å²) in [6, 6.07) is 19.7. The zero-order chi connectivity index (χ0) is 30.0. The van der Waals surface area contributed by atoms with Gasteiger partial charge in [-0.25, -0.2) is 13.8 Å². The van der Waals surface area contributed by atoms with Gasteiger partial charge < -0.3 is 19.5 Å². The summed E-state index contributed by atoms with van der Waals surface area (Å²) in [5.74, 6) is -0.0786. The molecular formula is C30H34N4O7S. The molecule has 0 unspecified atom stereocenters. The third kappa shape index (κ3) is 8.30. The number of hydrogen-bond acceptors (Lipinski definition) is 8. The van der Waals surface area contributed by atoms with E-state index in [1.54, 1.807) is 60.7 Å². The minimum atomic E-state index is -4.11. The number of nitrogens with zero attached hydrogens (tertiary/aromatic N) is 2. The Kier molecular flexibility index (Phi) is 10.5. The maximum absolute atomic E-state index is 13.6. The van der Waals surface area contributed by atoms with Gasteiger partial charge in [-0.2, -0.15) is 5.10 Å². The van der Waals surface area contributed by atoms with E-state index in [9.17, 15) is 18.0 Å². The van der Waals surface area contributed by atoms with Crippen molar-refractivity contribution >= 4 is 33.7 Å². The number of ether oxygens (including phenoxy) is 3. The molecule has 0 radical (unpaired) electrons. The van der Waals surface area contributed by atoms with Crippen molar-refractivity contribution in [2.24, 2.45) is 5.10 Å². The number of nitrogens with one attached hydrogen (secondary N) is 2. The number of benzene rings is 3. The van der Waals surface area contributed by atoms with Gasteiger partial charge in [0.05, 0.1) is 30.0 Å². The van der Waals surface area contributed by atoms with E-state index in [2.05, 4.69) is 15.8 Å². The van der Waals surface area contributed by atoms with E-state index in [0.29, 0.717) is 23.6 Å². The Morgan fingerprint density at radius 1 is 1.07 bits per heavy atom. The molecule has 1 saturated heterocycles. The van der Waals surface area contributed by atoms with Crippen LogP contribution in [0.3, 0.4) is 0 Å². The van der Waals surface area contributed by atoms with Crippen molar-refractivity contribution in [3.63, 3.8) is 0 Å². The summed E-state index contributed by atoms with van der Waals surface area (Å²) in [5, 5.41) is 6.77. The molecule has 1 fully saturated rings. The van der Waals surface area contributed by atoms with Crippen LogP contribution in [-0.2, 0) is 24.3 Å². The number of methoxy groups -OCH3 is 1. The van der Waals surface area contributed by atoms with E-state index in [4.69, 9.17) is 14.2 Å². The van der Waals surface area contributed by atoms with Gasteiger partial charge in [0.15, 0.2) is 6.61 Å². The minimum Gasteiger partial charge on any atom is -0.495 e. The zero-order valence-electron chi connectivity index (χ0n) is 23.5. The van der Waals surface area contributed by atoms with E-state index in [1.807, 2.05) is 6.92 Å². The molecule has 11 nitrogen and oxygen atoms in total. The van der Waals surface area contributed by atoms with Crippen molar-refractivity contribution in [2.75, 3.05) is 37.7 Å². The van der Waals surface area contributed by atoms with Crippen LogP contribution in [0.25, 0.3) is 0 Å². The second-order valence-electron chi connectivity index (χ2n) is 9.59. The Balaban J connectivity index is 1.36. The van der Waals surface area contributed by atoms with Gasteiger partial charge in [-0.3, -0.25) is 13.9 Å². The highest BCUT2D eigenvalue weighted by Crippen LogP contribution is 2.33. The summed E-state index contributed by atoms with van der Waals surface area (Å²) in [4.78, 5) is 24.9. The van der Waals surface area contributed by atoms with Gasteiger partial charge in [-0.05, 0) is 79.4 Å². The van der Waals surface area contributed by atoms with Crippen LogP contribution in [0.2, 0.25) is 0 Å². The number of amides is 2. The van der Waals surface area contributed by atoms with Gasteiger partial charge in [0.2, 0.25) is 0 Å². The van der Waals surface area contributed by atoms with Crippen molar-refractivity contribution < 1.29 is 32.2 Å². The summed E-state index contributed by atoms with van der Waals surface area (Å²) in [7, 11) is -2.67. The highest BCUT2D eigenvalue weighted by molar-refractivity contribution is 7.92. The van der Waals surface area contributed by atoms with E-state index in [1.165, 1.54) is 25.5 Å². The Hall–Kier alpha value is -4.42. The summed E-state index contributed by atoms with van der Waals surface area (Å²) >= 11 is 0. The van der Waals surface area contributed by atoms with Crippen molar-refractivity contribution in [2.45, 2.75) is 30.8 Å². The second kappa shape index (κ2) is 14.5. The Bertz CT molecular complexity index is 1490. The third-order valence-electron chi connectivity index (χ3n) is 6.43. The van der Waals surface area contributed by atoms with Crippen molar-refractivity contribution in [3.8, 4) is 11.5 Å². The van der Waals surface area contributed by atoms with Gasteiger partial charge >= 0.3 is 0 Å². The Morgan fingerprint density at radius 2 is 1.83 bits per heavy atom. The maximum Gasteiger partial charge on any atom is 0.264 e. The fourth-order valence-electron chi connectivity index (χ4n) is 4.24. The standard InChI is InChI=1S/C30H34N4O7S/c1-22-10-15-28(39-2)27(17-22)34(42(37,38)26-8-4-3-5-9-26)20-29(35)33-32-18-23-11-13-24(14-12-23)41-21-30(36)31-19-25-7-6-16-40-25/h3-5,8-15,17-18,25H,6-7,16,19-21H2,1-2H3,(H,31,36)(H,33,35)/b32-18-/t25-/m1/s1. The first kappa shape index (κ1) is 30.5. The lowest BCUT2D eigenvalue weighted by Gasteiger charge is -2.25. The molecule has 0 saturated carbocycles. The fourth-order valence-corrected chi connectivity index (χ4v) is 5.69. The summed E-state index contributed by atoms with van der Waals surface area (Å²) in [6.45, 7) is 2.37. The van der Waals surface area contributed by atoms with E-state index in [-0.39, 0.29) is 29.2 Å². The number of rotatable bonds is 13. The lowest BCUT2D eigenvalue weighted by atomic mass is 10.2. The monoisotopic (exact) mass is 594 g/mol. The second-order valence-corrected chi connectivity index (χ2v) is 11.5. The highest BCUT2D eigenvalue weighted by atomic mass is 32.2. The van der Waals surface area contributed by atoms with Crippen LogP contribution in [0, 0.1) is 6.92 Å². The van der Waals surface area contributed by atoms with Crippen LogP contribution >= 0.6 is 0 Å². The molecule has 1 aliphatic rings. The molecule has 1 heterocycles. The quantitative estimate of drug-likeness (QED) is 0.229. The molecule has 42 heavy (non-hydrogen) atoms. The van der Waals surface area contributed by atoms with Gasteiger partial charge in [-0.15, -0.1) is 0 Å². The average Bonchev–Trinajstić information content (AvgIpc) is 3.53. The predicted molar refractivity (Wildman–Crippen MR) is 158 cm³/mol. The molecule has 3 aromatic rings. The molecule has 3 aromatic carbocycles. The number of aryl methyl sites for hydroxylation is 1. The average molecular weight is 595 g/mol. The van der Waals surface area contributed by atoms with E-state index < -0.39 is 22.5 Å². The summed E-state index contributed by atoms with van der Waals surface area (Å²) in [6.07, 6.45) is 3.43. The molecule has 222 valence electrons. The number of hydrogen-bond donors (Lipinski definition) is 2. The number of sulfonamides is 1. The molecule has 0 bridgehead atoms. The number of anilines is 1. The molecule has 1 atom stereocenters. The first-order valence-electron chi connectivity index (χ1n) is 13.4. The van der Waals surface area contributed by atoms with Gasteiger partial charge in [0, 0.05) is 13.2 Å². The molecule has 0 aromatic heterocycles.